The van der Waals surface area contributed by atoms with E-state index in [0.717, 1.165) is 16.9 Å². The van der Waals surface area contributed by atoms with E-state index in [4.69, 9.17) is 9.47 Å². The van der Waals surface area contributed by atoms with E-state index in [-0.39, 0.29) is 10.8 Å². The zero-order valence-electron chi connectivity index (χ0n) is 20.6. The summed E-state index contributed by atoms with van der Waals surface area (Å²) >= 11 is 0. The van der Waals surface area contributed by atoms with Gasteiger partial charge in [0.25, 0.3) is 0 Å². The maximum atomic E-state index is 5.75. The highest BCUT2D eigenvalue weighted by molar-refractivity contribution is 5.97. The van der Waals surface area contributed by atoms with Crippen LogP contribution in [0.5, 0.6) is 11.5 Å². The van der Waals surface area contributed by atoms with E-state index in [0.29, 0.717) is 0 Å². The molecule has 0 atom stereocenters. The van der Waals surface area contributed by atoms with Crippen molar-refractivity contribution in [3.8, 4) is 22.6 Å². The lowest BCUT2D eigenvalue weighted by atomic mass is 9.81. The summed E-state index contributed by atoms with van der Waals surface area (Å²) in [5, 5.41) is 4.87. The highest BCUT2D eigenvalue weighted by Crippen LogP contribution is 2.40. The molecule has 0 amide bonds. The van der Waals surface area contributed by atoms with Crippen LogP contribution in [0.4, 0.5) is 0 Å². The first-order valence-electron chi connectivity index (χ1n) is 11.3. The third-order valence-electron chi connectivity index (χ3n) is 6.31. The Morgan fingerprint density at radius 2 is 1.22 bits per heavy atom. The molecule has 166 valence electrons. The van der Waals surface area contributed by atoms with Crippen LogP contribution in [0.2, 0.25) is 0 Å². The lowest BCUT2D eigenvalue weighted by molar-refractivity contribution is 0.415. The number of rotatable bonds is 3. The molecule has 0 aliphatic carbocycles. The molecule has 0 heterocycles. The number of methoxy groups -OCH3 is 2. The van der Waals surface area contributed by atoms with Gasteiger partial charge in [0.1, 0.15) is 11.5 Å². The molecule has 4 rings (SSSR count). The summed E-state index contributed by atoms with van der Waals surface area (Å²) in [5.74, 6) is 1.79. The Morgan fingerprint density at radius 1 is 0.531 bits per heavy atom. The van der Waals surface area contributed by atoms with Crippen molar-refractivity contribution < 1.29 is 9.47 Å². The van der Waals surface area contributed by atoms with Crippen molar-refractivity contribution in [2.24, 2.45) is 0 Å². The fourth-order valence-electron chi connectivity index (χ4n) is 4.60. The maximum Gasteiger partial charge on any atom is 0.126 e. The zero-order valence-corrected chi connectivity index (χ0v) is 20.6. The van der Waals surface area contributed by atoms with Crippen molar-refractivity contribution in [1.82, 2.24) is 0 Å². The molecule has 0 N–H and O–H groups in total. The van der Waals surface area contributed by atoms with Crippen molar-refractivity contribution in [1.29, 1.82) is 0 Å². The Balaban J connectivity index is 2.00. The summed E-state index contributed by atoms with van der Waals surface area (Å²) in [6.45, 7) is 13.6. The minimum Gasteiger partial charge on any atom is -0.497 e. The molecule has 0 aromatic heterocycles. The molecule has 4 aromatic rings. The van der Waals surface area contributed by atoms with Crippen molar-refractivity contribution in [2.45, 2.75) is 52.4 Å². The van der Waals surface area contributed by atoms with Gasteiger partial charge in [-0.3, -0.25) is 0 Å². The predicted molar refractivity (Wildman–Crippen MR) is 137 cm³/mol. The van der Waals surface area contributed by atoms with Gasteiger partial charge in [-0.1, -0.05) is 65.8 Å². The van der Waals surface area contributed by atoms with Gasteiger partial charge >= 0.3 is 0 Å². The second-order valence-electron chi connectivity index (χ2n) is 10.7. The molecule has 0 radical (unpaired) electrons. The molecule has 0 saturated carbocycles. The number of hydrogen-bond donors (Lipinski definition) is 0. The molecule has 0 aliphatic rings. The van der Waals surface area contributed by atoms with Crippen LogP contribution in [-0.4, -0.2) is 14.2 Å². The van der Waals surface area contributed by atoms with Crippen molar-refractivity contribution in [2.75, 3.05) is 14.2 Å². The maximum absolute atomic E-state index is 5.75. The molecule has 0 unspecified atom stereocenters. The molecule has 32 heavy (non-hydrogen) atoms. The minimum atomic E-state index is 0.0246. The van der Waals surface area contributed by atoms with Crippen molar-refractivity contribution in [3.05, 3.63) is 71.8 Å². The van der Waals surface area contributed by atoms with E-state index in [1.165, 1.54) is 38.4 Å². The third kappa shape index (κ3) is 3.95. The normalized spacial score (nSPS) is 12.4. The van der Waals surface area contributed by atoms with Crippen LogP contribution in [-0.2, 0) is 10.8 Å². The van der Waals surface area contributed by atoms with Gasteiger partial charge < -0.3 is 9.47 Å². The predicted octanol–water partition coefficient (Wildman–Crippen LogP) is 8.27. The van der Waals surface area contributed by atoms with E-state index >= 15 is 0 Å². The number of hydrogen-bond acceptors (Lipinski definition) is 2. The van der Waals surface area contributed by atoms with Crippen LogP contribution in [0, 0.1) is 0 Å². The number of ether oxygens (including phenoxy) is 2. The van der Waals surface area contributed by atoms with E-state index in [1.807, 2.05) is 6.07 Å². The Kier molecular flexibility index (Phi) is 5.45. The summed E-state index contributed by atoms with van der Waals surface area (Å²) in [7, 11) is 3.47. The molecule has 2 nitrogen and oxygen atoms in total. The quantitative estimate of drug-likeness (QED) is 0.328. The van der Waals surface area contributed by atoms with E-state index in [1.54, 1.807) is 14.2 Å². The van der Waals surface area contributed by atoms with E-state index < -0.39 is 0 Å². The van der Waals surface area contributed by atoms with Gasteiger partial charge in [0.2, 0.25) is 0 Å². The monoisotopic (exact) mass is 426 g/mol. The summed E-state index contributed by atoms with van der Waals surface area (Å²) in [4.78, 5) is 0. The number of benzene rings is 4. The van der Waals surface area contributed by atoms with Gasteiger partial charge in [-0.25, -0.2) is 0 Å². The summed E-state index contributed by atoms with van der Waals surface area (Å²) in [5.41, 5.74) is 5.15. The van der Waals surface area contributed by atoms with Crippen molar-refractivity contribution in [3.63, 3.8) is 0 Å². The second kappa shape index (κ2) is 7.85. The average Bonchev–Trinajstić information content (AvgIpc) is 2.75. The fraction of sp³-hybridized carbons (Fsp3) is 0.333. The molecular formula is C30H34O2. The summed E-state index contributed by atoms with van der Waals surface area (Å²) in [6.07, 6.45) is 0. The molecule has 0 saturated heterocycles. The first-order chi connectivity index (χ1) is 15.0. The molecular weight excluding hydrogens is 392 g/mol. The van der Waals surface area contributed by atoms with Gasteiger partial charge in [0.15, 0.2) is 0 Å². The topological polar surface area (TPSA) is 18.5 Å². The lowest BCUT2D eigenvalue weighted by Gasteiger charge is -2.24. The van der Waals surface area contributed by atoms with E-state index in [2.05, 4.69) is 96.1 Å². The Bertz CT molecular complexity index is 1300. The van der Waals surface area contributed by atoms with Crippen LogP contribution in [0.15, 0.2) is 60.7 Å². The Hall–Kier alpha value is -3.00. The average molecular weight is 427 g/mol. The first-order valence-corrected chi connectivity index (χ1v) is 11.3. The molecule has 0 aliphatic heterocycles. The third-order valence-corrected chi connectivity index (χ3v) is 6.31. The molecule has 0 fully saturated rings. The smallest absolute Gasteiger partial charge is 0.126 e. The fourth-order valence-corrected chi connectivity index (χ4v) is 4.60. The Labute approximate surface area is 192 Å². The van der Waals surface area contributed by atoms with Crippen LogP contribution < -0.4 is 9.47 Å². The zero-order chi connectivity index (χ0) is 23.3. The number of fused-ring (bicyclic) bond motifs is 2. The Morgan fingerprint density at radius 3 is 1.84 bits per heavy atom. The highest BCUT2D eigenvalue weighted by atomic mass is 16.5. The standard InChI is InChI=1S/C30H34O2/c1-29(2,3)26-13-14-28(32-8)25-17-19(9-11-24(25)26)20-15-21-16-22(31-7)10-12-23(21)27(18-20)30(4,5)6/h9-18H,1-8H3. The van der Waals surface area contributed by atoms with Crippen LogP contribution in [0.1, 0.15) is 52.7 Å². The van der Waals surface area contributed by atoms with Crippen LogP contribution in [0.25, 0.3) is 32.7 Å². The first kappa shape index (κ1) is 22.2. The molecule has 0 bridgehead atoms. The van der Waals surface area contributed by atoms with Gasteiger partial charge in [0, 0.05) is 5.39 Å². The largest absolute Gasteiger partial charge is 0.497 e. The van der Waals surface area contributed by atoms with Crippen LogP contribution in [0.3, 0.4) is 0 Å². The SMILES string of the molecule is COc1ccc2c(C(C)(C)C)cc(-c3ccc4c(C(C)(C)C)ccc(OC)c4c3)cc2c1. The lowest BCUT2D eigenvalue weighted by Crippen LogP contribution is -2.12. The molecule has 2 heteroatoms. The van der Waals surface area contributed by atoms with Gasteiger partial charge in [0.05, 0.1) is 14.2 Å². The highest BCUT2D eigenvalue weighted by Gasteiger charge is 2.21. The van der Waals surface area contributed by atoms with Gasteiger partial charge in [-0.15, -0.1) is 0 Å². The van der Waals surface area contributed by atoms with Gasteiger partial charge in [-0.05, 0) is 85.6 Å². The summed E-state index contributed by atoms with van der Waals surface area (Å²) in [6, 6.07) is 22.0. The minimum absolute atomic E-state index is 0.0246. The second-order valence-corrected chi connectivity index (χ2v) is 10.7. The molecule has 4 aromatic carbocycles. The summed E-state index contributed by atoms with van der Waals surface area (Å²) < 4.78 is 11.3. The molecule has 0 spiro atoms. The van der Waals surface area contributed by atoms with Gasteiger partial charge in [-0.2, -0.15) is 0 Å². The van der Waals surface area contributed by atoms with E-state index in [9.17, 15) is 0 Å². The van der Waals surface area contributed by atoms with Crippen molar-refractivity contribution >= 4 is 21.5 Å². The van der Waals surface area contributed by atoms with Crippen LogP contribution >= 0.6 is 0 Å².